The van der Waals surface area contributed by atoms with Crippen molar-refractivity contribution < 1.29 is 4.79 Å². The Morgan fingerprint density at radius 3 is 2.82 bits per heavy atom. The van der Waals surface area contributed by atoms with Gasteiger partial charge in [0.15, 0.2) is 0 Å². The molecule has 0 aliphatic rings. The molecule has 0 saturated carbocycles. The number of pyridine rings is 1. The summed E-state index contributed by atoms with van der Waals surface area (Å²) in [7, 11) is 0. The average Bonchev–Trinajstić information content (AvgIpc) is 2.48. The number of nitrogens with one attached hydrogen (secondary N) is 2. The number of hydrogen-bond acceptors (Lipinski definition) is 2. The van der Waals surface area contributed by atoms with Crippen LogP contribution in [0.1, 0.15) is 24.1 Å². The number of benzene rings is 1. The number of hydrogen-bond donors (Lipinski definition) is 2. The third-order valence-electron chi connectivity index (χ3n) is 3.20. The molecule has 22 heavy (non-hydrogen) atoms. The predicted molar refractivity (Wildman–Crippen MR) is 89.4 cm³/mol. The molecule has 1 heterocycles. The molecule has 2 N–H and O–H groups in total. The minimum Gasteiger partial charge on any atom is -0.338 e. The highest BCUT2D eigenvalue weighted by Gasteiger charge is 2.12. The van der Waals surface area contributed by atoms with Crippen LogP contribution in [0.3, 0.4) is 0 Å². The number of nitrogens with zero attached hydrogens (tertiary/aromatic N) is 1. The van der Waals surface area contributed by atoms with Gasteiger partial charge in [-0.15, -0.1) is 0 Å². The normalized spacial score (nSPS) is 11.8. The molecular weight excluding hydrogens is 321 g/mol. The van der Waals surface area contributed by atoms with E-state index in [1.807, 2.05) is 25.1 Å². The first-order valence-corrected chi connectivity index (χ1v) is 7.70. The number of carbonyl (C=O) groups excluding carboxylic acids is 1. The topological polar surface area (TPSA) is 54.0 Å². The third kappa shape index (κ3) is 4.90. The molecule has 0 aliphatic heterocycles. The Bertz CT molecular complexity index is 635. The fourth-order valence-electron chi connectivity index (χ4n) is 2.04. The van der Waals surface area contributed by atoms with Crippen LogP contribution < -0.4 is 10.6 Å². The number of halogens is 2. The van der Waals surface area contributed by atoms with E-state index in [4.69, 9.17) is 23.2 Å². The van der Waals surface area contributed by atoms with Crippen LogP contribution in [0.2, 0.25) is 10.0 Å². The summed E-state index contributed by atoms with van der Waals surface area (Å²) < 4.78 is 0. The Hall–Kier alpha value is -1.78. The first-order chi connectivity index (χ1) is 10.6. The van der Waals surface area contributed by atoms with Crippen molar-refractivity contribution >= 4 is 29.2 Å². The summed E-state index contributed by atoms with van der Waals surface area (Å²) in [6, 6.07) is 8.64. The lowest BCUT2D eigenvalue weighted by molar-refractivity contribution is 0.238. The van der Waals surface area contributed by atoms with Crippen molar-refractivity contribution in [1.82, 2.24) is 15.6 Å². The van der Waals surface area contributed by atoms with Crippen molar-refractivity contribution in [2.24, 2.45) is 0 Å². The van der Waals surface area contributed by atoms with Gasteiger partial charge in [-0.3, -0.25) is 4.98 Å². The van der Waals surface area contributed by atoms with E-state index in [-0.39, 0.29) is 12.1 Å². The quantitative estimate of drug-likeness (QED) is 0.866. The van der Waals surface area contributed by atoms with E-state index in [2.05, 4.69) is 15.6 Å². The van der Waals surface area contributed by atoms with E-state index in [0.29, 0.717) is 16.6 Å². The highest BCUT2D eigenvalue weighted by atomic mass is 35.5. The first kappa shape index (κ1) is 16.6. The Morgan fingerprint density at radius 2 is 2.14 bits per heavy atom. The van der Waals surface area contributed by atoms with E-state index >= 15 is 0 Å². The lowest BCUT2D eigenvalue weighted by Crippen LogP contribution is -2.38. The lowest BCUT2D eigenvalue weighted by atomic mass is 10.1. The minimum absolute atomic E-state index is 0.205. The maximum Gasteiger partial charge on any atom is 0.315 e. The fourth-order valence-corrected chi connectivity index (χ4v) is 2.62. The van der Waals surface area contributed by atoms with Crippen LogP contribution in [-0.2, 0) is 6.42 Å². The summed E-state index contributed by atoms with van der Waals surface area (Å²) in [4.78, 5) is 15.9. The summed E-state index contributed by atoms with van der Waals surface area (Å²) in [6.07, 6.45) is 4.24. The smallest absolute Gasteiger partial charge is 0.315 e. The van der Waals surface area contributed by atoms with E-state index in [9.17, 15) is 4.79 Å². The second kappa shape index (κ2) is 8.01. The van der Waals surface area contributed by atoms with Crippen molar-refractivity contribution in [3.8, 4) is 0 Å². The molecule has 2 aromatic rings. The van der Waals surface area contributed by atoms with Gasteiger partial charge in [0.25, 0.3) is 0 Å². The van der Waals surface area contributed by atoms with E-state index in [0.717, 1.165) is 17.5 Å². The van der Waals surface area contributed by atoms with Crippen molar-refractivity contribution in [1.29, 1.82) is 0 Å². The molecule has 0 bridgehead atoms. The first-order valence-electron chi connectivity index (χ1n) is 6.94. The molecule has 0 spiro atoms. The van der Waals surface area contributed by atoms with Gasteiger partial charge in [-0.1, -0.05) is 35.3 Å². The summed E-state index contributed by atoms with van der Waals surface area (Å²) in [5.41, 5.74) is 1.91. The zero-order chi connectivity index (χ0) is 15.9. The van der Waals surface area contributed by atoms with E-state index < -0.39 is 0 Å². The molecule has 1 aromatic heterocycles. The number of urea groups is 1. The molecule has 6 heteroatoms. The average molecular weight is 338 g/mol. The third-order valence-corrected chi connectivity index (χ3v) is 3.76. The molecular formula is C16H17Cl2N3O. The van der Waals surface area contributed by atoms with Crippen LogP contribution in [0.25, 0.3) is 0 Å². The highest BCUT2D eigenvalue weighted by molar-refractivity contribution is 6.35. The second-order valence-corrected chi connectivity index (χ2v) is 5.74. The summed E-state index contributed by atoms with van der Waals surface area (Å²) >= 11 is 12.0. The number of aromatic nitrogens is 1. The number of carbonyl (C=O) groups is 1. The Labute approximate surface area is 139 Å². The van der Waals surface area contributed by atoms with Gasteiger partial charge in [-0.25, -0.2) is 4.79 Å². The molecule has 0 aliphatic carbocycles. The molecule has 1 atom stereocenters. The van der Waals surface area contributed by atoms with Crippen LogP contribution in [0.4, 0.5) is 4.79 Å². The SMILES string of the molecule is C[C@@H](NC(=O)NCCc1cccnc1)c1ccc(Cl)cc1Cl. The number of rotatable bonds is 5. The van der Waals surface area contributed by atoms with E-state index in [1.165, 1.54) is 0 Å². The molecule has 2 amide bonds. The van der Waals surface area contributed by atoms with Crippen molar-refractivity contribution in [2.45, 2.75) is 19.4 Å². The van der Waals surface area contributed by atoms with Crippen LogP contribution >= 0.6 is 23.2 Å². The Balaban J connectivity index is 1.81. The van der Waals surface area contributed by atoms with Gasteiger partial charge in [-0.05, 0) is 42.7 Å². The Kier molecular flexibility index (Phi) is 6.04. The maximum atomic E-state index is 11.9. The standard InChI is InChI=1S/C16H17Cl2N3O/c1-11(14-5-4-13(17)9-15(14)18)21-16(22)20-8-6-12-3-2-7-19-10-12/h2-5,7,9-11H,6,8H2,1H3,(H2,20,21,22)/t11-/m1/s1. The predicted octanol–water partition coefficient (Wildman–Crippen LogP) is 3.99. The van der Waals surface area contributed by atoms with Gasteiger partial charge in [-0.2, -0.15) is 0 Å². The summed E-state index contributed by atoms with van der Waals surface area (Å²) in [5, 5.41) is 6.77. The lowest BCUT2D eigenvalue weighted by Gasteiger charge is -2.16. The fraction of sp³-hybridized carbons (Fsp3) is 0.250. The van der Waals surface area contributed by atoms with Gasteiger partial charge >= 0.3 is 6.03 Å². The van der Waals surface area contributed by atoms with Crippen LogP contribution in [0.5, 0.6) is 0 Å². The minimum atomic E-state index is -0.234. The molecule has 116 valence electrons. The molecule has 2 rings (SSSR count). The molecule has 0 saturated heterocycles. The van der Waals surface area contributed by atoms with Crippen molar-refractivity contribution in [2.75, 3.05) is 6.54 Å². The molecule has 0 fully saturated rings. The Morgan fingerprint density at radius 1 is 1.32 bits per heavy atom. The monoisotopic (exact) mass is 337 g/mol. The molecule has 1 aromatic carbocycles. The zero-order valence-corrected chi connectivity index (χ0v) is 13.7. The van der Waals surface area contributed by atoms with Crippen LogP contribution in [0, 0.1) is 0 Å². The van der Waals surface area contributed by atoms with Gasteiger partial charge < -0.3 is 10.6 Å². The van der Waals surface area contributed by atoms with Gasteiger partial charge in [0.2, 0.25) is 0 Å². The highest BCUT2D eigenvalue weighted by Crippen LogP contribution is 2.25. The molecule has 0 radical (unpaired) electrons. The van der Waals surface area contributed by atoms with Crippen LogP contribution in [0.15, 0.2) is 42.7 Å². The summed E-state index contributed by atoms with van der Waals surface area (Å²) in [5.74, 6) is 0. The van der Waals surface area contributed by atoms with Gasteiger partial charge in [0, 0.05) is 29.0 Å². The van der Waals surface area contributed by atoms with Crippen LogP contribution in [-0.4, -0.2) is 17.6 Å². The molecule has 4 nitrogen and oxygen atoms in total. The number of amides is 2. The zero-order valence-electron chi connectivity index (χ0n) is 12.1. The van der Waals surface area contributed by atoms with E-state index in [1.54, 1.807) is 24.5 Å². The maximum absolute atomic E-state index is 11.9. The van der Waals surface area contributed by atoms with Crippen molar-refractivity contribution in [3.63, 3.8) is 0 Å². The molecule has 0 unspecified atom stereocenters. The van der Waals surface area contributed by atoms with Gasteiger partial charge in [0.1, 0.15) is 0 Å². The van der Waals surface area contributed by atoms with Crippen molar-refractivity contribution in [3.05, 3.63) is 63.9 Å². The largest absolute Gasteiger partial charge is 0.338 e. The summed E-state index contributed by atoms with van der Waals surface area (Å²) in [6.45, 7) is 2.41. The second-order valence-electron chi connectivity index (χ2n) is 4.90. The van der Waals surface area contributed by atoms with Gasteiger partial charge in [0.05, 0.1) is 6.04 Å².